The number of ether oxygens (including phenoxy) is 1. The van der Waals surface area contributed by atoms with E-state index in [0.29, 0.717) is 30.2 Å². The second-order valence-corrected chi connectivity index (χ2v) is 11.3. The first kappa shape index (κ1) is 27.4. The smallest absolute Gasteiger partial charge is 0.335 e. The molecule has 0 radical (unpaired) electrons. The van der Waals surface area contributed by atoms with Gasteiger partial charge >= 0.3 is 5.97 Å². The number of carbonyl (C=O) groups excluding carboxylic acids is 1. The Balaban J connectivity index is 1.39. The molecule has 6 heteroatoms. The third-order valence-corrected chi connectivity index (χ3v) is 8.39. The van der Waals surface area contributed by atoms with Crippen LogP contribution >= 0.6 is 11.8 Å². The van der Waals surface area contributed by atoms with Crippen LogP contribution in [0.1, 0.15) is 44.5 Å². The predicted molar refractivity (Wildman–Crippen MR) is 169 cm³/mol. The van der Waals surface area contributed by atoms with Crippen molar-refractivity contribution in [3.8, 4) is 5.75 Å². The zero-order valence-electron chi connectivity index (χ0n) is 23.1. The Hall–Kier alpha value is -4.81. The maximum absolute atomic E-state index is 13.2. The van der Waals surface area contributed by atoms with E-state index < -0.39 is 5.97 Å². The monoisotopic (exact) mass is 571 g/mol. The van der Waals surface area contributed by atoms with Crippen molar-refractivity contribution < 1.29 is 19.4 Å². The number of hydrogen-bond acceptors (Lipinski definition) is 4. The molecule has 0 saturated carbocycles. The van der Waals surface area contributed by atoms with Crippen molar-refractivity contribution in [3.63, 3.8) is 0 Å². The Morgan fingerprint density at radius 2 is 1.52 bits per heavy atom. The summed E-state index contributed by atoms with van der Waals surface area (Å²) in [4.78, 5) is 25.7. The average molecular weight is 572 g/mol. The van der Waals surface area contributed by atoms with E-state index in [1.807, 2.05) is 72.8 Å². The molecular weight excluding hydrogens is 542 g/mol. The maximum Gasteiger partial charge on any atom is 0.335 e. The highest BCUT2D eigenvalue weighted by Crippen LogP contribution is 2.35. The fourth-order valence-corrected chi connectivity index (χ4v) is 6.26. The molecule has 0 amide bonds. The fourth-order valence-electron chi connectivity index (χ4n) is 5.28. The number of aromatic nitrogens is 1. The molecule has 0 atom stereocenters. The highest BCUT2D eigenvalue weighted by Gasteiger charge is 2.22. The Morgan fingerprint density at radius 1 is 0.786 bits per heavy atom. The van der Waals surface area contributed by atoms with Crippen molar-refractivity contribution in [2.75, 3.05) is 0 Å². The van der Waals surface area contributed by atoms with Gasteiger partial charge in [-0.3, -0.25) is 4.79 Å². The standard InChI is InChI=1S/C36H29NO4S/c1-24(38)35-32-20-30(41-22-26-7-3-2-4-8-26)16-18-33(32)37(21-25-11-13-28(14-12-25)36(39)40)34(35)23-42-31-17-15-27-9-5-6-10-29(27)19-31/h2-20H,21-23H2,1H3,(H,39,40). The number of rotatable bonds is 10. The average Bonchev–Trinajstić information content (AvgIpc) is 3.32. The van der Waals surface area contributed by atoms with Gasteiger partial charge in [0.2, 0.25) is 0 Å². The van der Waals surface area contributed by atoms with Gasteiger partial charge in [0.1, 0.15) is 12.4 Å². The minimum atomic E-state index is -0.956. The lowest BCUT2D eigenvalue weighted by Crippen LogP contribution is -2.07. The van der Waals surface area contributed by atoms with Gasteiger partial charge in [-0.05, 0) is 71.3 Å². The topological polar surface area (TPSA) is 68.5 Å². The molecule has 1 N–H and O–H groups in total. The van der Waals surface area contributed by atoms with E-state index in [4.69, 9.17) is 4.74 Å². The number of carbonyl (C=O) groups is 2. The van der Waals surface area contributed by atoms with E-state index in [-0.39, 0.29) is 11.3 Å². The molecule has 1 heterocycles. The quantitative estimate of drug-likeness (QED) is 0.132. The molecule has 6 aromatic rings. The molecule has 0 spiro atoms. The summed E-state index contributed by atoms with van der Waals surface area (Å²) in [7, 11) is 0. The van der Waals surface area contributed by atoms with Crippen molar-refractivity contribution in [1.29, 1.82) is 0 Å². The van der Waals surface area contributed by atoms with E-state index in [9.17, 15) is 14.7 Å². The predicted octanol–water partition coefficient (Wildman–Crippen LogP) is 8.61. The summed E-state index contributed by atoms with van der Waals surface area (Å²) in [6, 6.07) is 37.5. The highest BCUT2D eigenvalue weighted by atomic mass is 32.2. The zero-order chi connectivity index (χ0) is 29.1. The normalized spacial score (nSPS) is 11.2. The second kappa shape index (κ2) is 12.0. The summed E-state index contributed by atoms with van der Waals surface area (Å²) >= 11 is 1.70. The summed E-state index contributed by atoms with van der Waals surface area (Å²) in [6.07, 6.45) is 0. The van der Waals surface area contributed by atoms with Crippen molar-refractivity contribution in [1.82, 2.24) is 4.57 Å². The summed E-state index contributed by atoms with van der Waals surface area (Å²) in [6.45, 7) is 2.55. The first-order valence-electron chi connectivity index (χ1n) is 13.7. The molecular formula is C36H29NO4S. The van der Waals surface area contributed by atoms with Gasteiger partial charge in [-0.1, -0.05) is 72.8 Å². The fraction of sp³-hybridized carbons (Fsp3) is 0.111. The van der Waals surface area contributed by atoms with E-state index in [0.717, 1.165) is 32.6 Å². The van der Waals surface area contributed by atoms with Crippen LogP contribution in [0, 0.1) is 0 Å². The van der Waals surface area contributed by atoms with E-state index >= 15 is 0 Å². The molecule has 6 rings (SSSR count). The number of aromatic carboxylic acids is 1. The van der Waals surface area contributed by atoms with Crippen molar-refractivity contribution >= 4 is 45.2 Å². The number of thioether (sulfide) groups is 1. The van der Waals surface area contributed by atoms with E-state index in [1.54, 1.807) is 30.8 Å². The van der Waals surface area contributed by atoms with Gasteiger partial charge in [0, 0.05) is 39.4 Å². The van der Waals surface area contributed by atoms with E-state index in [1.165, 1.54) is 10.8 Å². The number of carboxylic acid groups (broad SMARTS) is 1. The third-order valence-electron chi connectivity index (χ3n) is 7.38. The van der Waals surface area contributed by atoms with Crippen LogP contribution in [0.25, 0.3) is 21.7 Å². The molecule has 208 valence electrons. The van der Waals surface area contributed by atoms with E-state index in [2.05, 4.69) is 34.9 Å². The van der Waals surface area contributed by atoms with Crippen molar-refractivity contribution in [2.24, 2.45) is 0 Å². The molecule has 0 aliphatic rings. The second-order valence-electron chi connectivity index (χ2n) is 10.2. The number of carboxylic acids is 1. The number of Topliss-reactive ketones (excluding diaryl/α,β-unsaturated/α-hetero) is 1. The number of ketones is 1. The van der Waals surface area contributed by atoms with Gasteiger partial charge in [0.25, 0.3) is 0 Å². The van der Waals surface area contributed by atoms with Gasteiger partial charge in [-0.2, -0.15) is 0 Å². The molecule has 0 fully saturated rings. The van der Waals surface area contributed by atoms with Crippen LogP contribution in [0.5, 0.6) is 5.75 Å². The van der Waals surface area contributed by atoms with Crippen LogP contribution in [-0.2, 0) is 18.9 Å². The highest BCUT2D eigenvalue weighted by molar-refractivity contribution is 7.98. The third kappa shape index (κ3) is 5.80. The van der Waals surface area contributed by atoms with Crippen LogP contribution in [0.3, 0.4) is 0 Å². The van der Waals surface area contributed by atoms with Crippen molar-refractivity contribution in [2.45, 2.75) is 30.7 Å². The lowest BCUT2D eigenvalue weighted by molar-refractivity contribution is 0.0696. The molecule has 0 saturated heterocycles. The lowest BCUT2D eigenvalue weighted by atomic mass is 10.1. The van der Waals surface area contributed by atoms with Crippen LogP contribution in [0.2, 0.25) is 0 Å². The van der Waals surface area contributed by atoms with Gasteiger partial charge < -0.3 is 14.4 Å². The minimum Gasteiger partial charge on any atom is -0.489 e. The minimum absolute atomic E-state index is 0.00528. The molecule has 0 aliphatic heterocycles. The Labute approximate surface area is 248 Å². The van der Waals surface area contributed by atoms with Crippen LogP contribution in [0.4, 0.5) is 0 Å². The molecule has 5 nitrogen and oxygen atoms in total. The number of nitrogens with zero attached hydrogens (tertiary/aromatic N) is 1. The number of hydrogen-bond donors (Lipinski definition) is 1. The number of benzene rings is 5. The van der Waals surface area contributed by atoms with Crippen LogP contribution < -0.4 is 4.74 Å². The summed E-state index contributed by atoms with van der Waals surface area (Å²) in [5.74, 6) is 0.331. The first-order valence-corrected chi connectivity index (χ1v) is 14.7. The van der Waals surface area contributed by atoms with Gasteiger partial charge in [0.05, 0.1) is 5.56 Å². The number of fused-ring (bicyclic) bond motifs is 2. The molecule has 42 heavy (non-hydrogen) atoms. The summed E-state index contributed by atoms with van der Waals surface area (Å²) in [5.41, 5.74) is 4.81. The van der Waals surface area contributed by atoms with Crippen LogP contribution in [0.15, 0.2) is 120 Å². The van der Waals surface area contributed by atoms with Crippen molar-refractivity contribution in [3.05, 3.63) is 143 Å². The Kier molecular flexibility index (Phi) is 7.80. The lowest BCUT2D eigenvalue weighted by Gasteiger charge is -2.13. The van der Waals surface area contributed by atoms with Gasteiger partial charge in [-0.25, -0.2) is 4.79 Å². The Bertz CT molecular complexity index is 1910. The maximum atomic E-state index is 13.2. The zero-order valence-corrected chi connectivity index (χ0v) is 23.9. The van der Waals surface area contributed by atoms with Gasteiger partial charge in [0.15, 0.2) is 5.78 Å². The Morgan fingerprint density at radius 3 is 2.26 bits per heavy atom. The molecule has 0 unspecified atom stereocenters. The first-order chi connectivity index (χ1) is 20.5. The largest absolute Gasteiger partial charge is 0.489 e. The SMILES string of the molecule is CC(=O)c1c(CSc2ccc3ccccc3c2)n(Cc2ccc(C(=O)O)cc2)c2ccc(OCc3ccccc3)cc12. The molecule has 0 aliphatic carbocycles. The molecule has 1 aromatic heterocycles. The van der Waals surface area contributed by atoms with Gasteiger partial charge in [-0.15, -0.1) is 11.8 Å². The molecule has 0 bridgehead atoms. The van der Waals surface area contributed by atoms with Crippen LogP contribution in [-0.4, -0.2) is 21.4 Å². The summed E-state index contributed by atoms with van der Waals surface area (Å²) in [5, 5.41) is 12.6. The summed E-state index contributed by atoms with van der Waals surface area (Å²) < 4.78 is 8.30. The molecule has 5 aromatic carbocycles.